The molecular formula is C22H32IN5O2S. The highest BCUT2D eigenvalue weighted by molar-refractivity contribution is 14.0. The van der Waals surface area contributed by atoms with Gasteiger partial charge in [0.15, 0.2) is 5.96 Å². The molecule has 2 heterocycles. The van der Waals surface area contributed by atoms with Crippen LogP contribution in [0.5, 0.6) is 0 Å². The van der Waals surface area contributed by atoms with Crippen LogP contribution < -0.4 is 10.6 Å². The van der Waals surface area contributed by atoms with E-state index in [1.165, 1.54) is 30.0 Å². The molecule has 31 heavy (non-hydrogen) atoms. The second kappa shape index (κ2) is 13.6. The largest absolute Gasteiger partial charge is 0.356 e. The van der Waals surface area contributed by atoms with E-state index in [0.29, 0.717) is 12.6 Å². The van der Waals surface area contributed by atoms with E-state index >= 15 is 0 Å². The number of aliphatic imine (C=N–C) groups is 1. The number of piperidine rings is 1. The predicted octanol–water partition coefficient (Wildman–Crippen LogP) is 4.43. The second-order valence-electron chi connectivity index (χ2n) is 7.60. The Morgan fingerprint density at radius 2 is 2.00 bits per heavy atom. The Morgan fingerprint density at radius 1 is 1.26 bits per heavy atom. The van der Waals surface area contributed by atoms with E-state index < -0.39 is 0 Å². The van der Waals surface area contributed by atoms with Crippen LogP contribution in [0.15, 0.2) is 46.8 Å². The van der Waals surface area contributed by atoms with E-state index in [-0.39, 0.29) is 34.6 Å². The fourth-order valence-electron chi connectivity index (χ4n) is 3.62. The summed E-state index contributed by atoms with van der Waals surface area (Å²) in [4.78, 5) is 19.1. The molecule has 0 spiro atoms. The first-order valence-electron chi connectivity index (χ1n) is 10.7. The van der Waals surface area contributed by atoms with E-state index in [0.717, 1.165) is 50.4 Å². The molecule has 170 valence electrons. The third-order valence-electron chi connectivity index (χ3n) is 5.28. The van der Waals surface area contributed by atoms with Crippen molar-refractivity contribution in [3.05, 3.63) is 62.3 Å². The molecule has 0 aliphatic carbocycles. The van der Waals surface area contributed by atoms with Crippen molar-refractivity contribution >= 4 is 47.0 Å². The predicted molar refractivity (Wildman–Crippen MR) is 139 cm³/mol. The fraction of sp³-hybridized carbons (Fsp3) is 0.500. The average Bonchev–Trinajstić information content (AvgIpc) is 3.27. The number of nitro benzene ring substituents is 1. The Kier molecular flexibility index (Phi) is 11.2. The maximum Gasteiger partial charge on any atom is 0.269 e. The third-order valence-corrected chi connectivity index (χ3v) is 6.22. The minimum Gasteiger partial charge on any atom is -0.356 e. The lowest BCUT2D eigenvalue weighted by Crippen LogP contribution is -2.49. The number of nitrogens with zero attached hydrogens (tertiary/aromatic N) is 3. The smallest absolute Gasteiger partial charge is 0.269 e. The molecule has 3 rings (SSSR count). The van der Waals surface area contributed by atoms with Crippen LogP contribution in [0.1, 0.15) is 36.6 Å². The van der Waals surface area contributed by atoms with Crippen LogP contribution in [0.25, 0.3) is 0 Å². The number of hydrogen-bond donors (Lipinski definition) is 2. The lowest BCUT2D eigenvalue weighted by molar-refractivity contribution is -0.384. The van der Waals surface area contributed by atoms with Gasteiger partial charge in [-0.05, 0) is 49.2 Å². The monoisotopic (exact) mass is 557 g/mol. The summed E-state index contributed by atoms with van der Waals surface area (Å²) in [6, 6.07) is 11.3. The number of nitrogens with one attached hydrogen (secondary N) is 2. The van der Waals surface area contributed by atoms with Crippen molar-refractivity contribution in [2.75, 3.05) is 26.2 Å². The van der Waals surface area contributed by atoms with Crippen molar-refractivity contribution in [3.8, 4) is 0 Å². The summed E-state index contributed by atoms with van der Waals surface area (Å²) >= 11 is 1.77. The van der Waals surface area contributed by atoms with Gasteiger partial charge in [-0.25, -0.2) is 4.99 Å². The van der Waals surface area contributed by atoms with Crippen molar-refractivity contribution in [3.63, 3.8) is 0 Å². The van der Waals surface area contributed by atoms with Gasteiger partial charge in [-0.2, -0.15) is 0 Å². The van der Waals surface area contributed by atoms with Gasteiger partial charge in [-0.3, -0.25) is 10.1 Å². The van der Waals surface area contributed by atoms with Crippen LogP contribution in [0.2, 0.25) is 0 Å². The van der Waals surface area contributed by atoms with Crippen molar-refractivity contribution in [2.24, 2.45) is 4.99 Å². The van der Waals surface area contributed by atoms with Crippen LogP contribution in [0.3, 0.4) is 0 Å². The maximum atomic E-state index is 10.8. The summed E-state index contributed by atoms with van der Waals surface area (Å²) in [7, 11) is 0. The van der Waals surface area contributed by atoms with Crippen molar-refractivity contribution in [1.29, 1.82) is 0 Å². The van der Waals surface area contributed by atoms with Gasteiger partial charge in [0.25, 0.3) is 5.69 Å². The highest BCUT2D eigenvalue weighted by Crippen LogP contribution is 2.13. The Labute approximate surface area is 205 Å². The average molecular weight is 558 g/mol. The van der Waals surface area contributed by atoms with Gasteiger partial charge in [0.05, 0.1) is 11.5 Å². The zero-order valence-corrected chi connectivity index (χ0v) is 21.1. The summed E-state index contributed by atoms with van der Waals surface area (Å²) < 4.78 is 0. The zero-order chi connectivity index (χ0) is 21.2. The van der Waals surface area contributed by atoms with Gasteiger partial charge in [0, 0.05) is 42.7 Å². The first-order chi connectivity index (χ1) is 14.6. The lowest BCUT2D eigenvalue weighted by atomic mass is 10.1. The molecule has 9 heteroatoms. The van der Waals surface area contributed by atoms with Crippen molar-refractivity contribution < 1.29 is 4.92 Å². The molecule has 0 saturated carbocycles. The molecule has 0 radical (unpaired) electrons. The van der Waals surface area contributed by atoms with E-state index in [1.807, 2.05) is 0 Å². The van der Waals surface area contributed by atoms with Gasteiger partial charge in [-0.1, -0.05) is 25.1 Å². The summed E-state index contributed by atoms with van der Waals surface area (Å²) in [5.41, 5.74) is 1.06. The van der Waals surface area contributed by atoms with Crippen molar-refractivity contribution in [2.45, 2.75) is 45.2 Å². The minimum atomic E-state index is -0.378. The highest BCUT2D eigenvalue weighted by atomic mass is 127. The van der Waals surface area contributed by atoms with Crippen LogP contribution in [-0.4, -0.2) is 48.0 Å². The van der Waals surface area contributed by atoms with Crippen LogP contribution in [-0.2, 0) is 13.0 Å². The summed E-state index contributed by atoms with van der Waals surface area (Å²) in [5, 5.41) is 20.0. The van der Waals surface area contributed by atoms with Crippen molar-refractivity contribution in [1.82, 2.24) is 15.5 Å². The summed E-state index contributed by atoms with van der Waals surface area (Å²) in [6.45, 7) is 6.95. The molecule has 0 unspecified atom stereocenters. The first kappa shape index (κ1) is 25.5. The standard InChI is InChI=1S/C22H31N5O2S.HI/c1-2-13-26-14-10-19(11-15-26)25-22(23-12-9-21-4-3-16-30-21)24-17-18-5-7-20(8-6-18)27(28)29;/h3-8,16,19H,2,9-15,17H2,1H3,(H2,23,24,25);1H. The van der Waals surface area contributed by atoms with E-state index in [2.05, 4.69) is 40.0 Å². The quantitative estimate of drug-likeness (QED) is 0.157. The molecule has 2 aromatic rings. The summed E-state index contributed by atoms with van der Waals surface area (Å²) in [5.74, 6) is 0.818. The number of hydrogen-bond acceptors (Lipinski definition) is 5. The van der Waals surface area contributed by atoms with Crippen LogP contribution in [0, 0.1) is 10.1 Å². The van der Waals surface area contributed by atoms with E-state index in [4.69, 9.17) is 4.99 Å². The number of rotatable bonds is 9. The Bertz CT molecular complexity index is 806. The second-order valence-corrected chi connectivity index (χ2v) is 8.64. The van der Waals surface area contributed by atoms with E-state index in [9.17, 15) is 10.1 Å². The fourth-order valence-corrected chi connectivity index (χ4v) is 4.32. The molecule has 0 bridgehead atoms. The molecule has 1 aromatic heterocycles. The number of benzene rings is 1. The molecule has 0 amide bonds. The van der Waals surface area contributed by atoms with Gasteiger partial charge in [-0.15, -0.1) is 35.3 Å². The van der Waals surface area contributed by atoms with Crippen LogP contribution >= 0.6 is 35.3 Å². The normalized spacial score (nSPS) is 15.3. The van der Waals surface area contributed by atoms with Gasteiger partial charge >= 0.3 is 0 Å². The number of nitro groups is 1. The number of likely N-dealkylation sites (tertiary alicyclic amines) is 1. The molecule has 1 aliphatic rings. The SMILES string of the molecule is CCCN1CCC(NC(=NCc2ccc([N+](=O)[O-])cc2)NCCc2cccs2)CC1.I. The Hall–Kier alpha value is -1.72. The number of non-ortho nitro benzene ring substituents is 1. The van der Waals surface area contributed by atoms with Gasteiger partial charge in [0.1, 0.15) is 0 Å². The lowest BCUT2D eigenvalue weighted by Gasteiger charge is -2.32. The topological polar surface area (TPSA) is 82.8 Å². The molecule has 0 atom stereocenters. The van der Waals surface area contributed by atoms with Gasteiger partial charge < -0.3 is 15.5 Å². The maximum absolute atomic E-state index is 10.8. The number of halogens is 1. The molecular weight excluding hydrogens is 525 g/mol. The molecule has 2 N–H and O–H groups in total. The molecule has 1 aliphatic heterocycles. The van der Waals surface area contributed by atoms with E-state index in [1.54, 1.807) is 23.5 Å². The number of guanidine groups is 1. The molecule has 1 aromatic carbocycles. The highest BCUT2D eigenvalue weighted by Gasteiger charge is 2.19. The molecule has 1 fully saturated rings. The Morgan fingerprint density at radius 3 is 2.61 bits per heavy atom. The number of thiophene rings is 1. The zero-order valence-electron chi connectivity index (χ0n) is 18.0. The summed E-state index contributed by atoms with van der Waals surface area (Å²) in [6.07, 6.45) is 4.39. The van der Waals surface area contributed by atoms with Crippen LogP contribution in [0.4, 0.5) is 5.69 Å². The third kappa shape index (κ3) is 8.74. The minimum absolute atomic E-state index is 0. The molecule has 7 nitrogen and oxygen atoms in total. The molecule has 1 saturated heterocycles. The van der Waals surface area contributed by atoms with Gasteiger partial charge in [0.2, 0.25) is 0 Å². The Balaban J connectivity index is 0.00000341. The first-order valence-corrected chi connectivity index (χ1v) is 11.5.